The van der Waals surface area contributed by atoms with E-state index in [0.717, 1.165) is 15.7 Å². The van der Waals surface area contributed by atoms with E-state index >= 15 is 0 Å². The van der Waals surface area contributed by atoms with Gasteiger partial charge < -0.3 is 14.4 Å². The van der Waals surface area contributed by atoms with Crippen molar-refractivity contribution in [3.63, 3.8) is 0 Å². The van der Waals surface area contributed by atoms with E-state index in [-0.39, 0.29) is 6.03 Å². The minimum Gasteiger partial charge on any atom is -0.351 e. The highest BCUT2D eigenvalue weighted by Crippen LogP contribution is 2.25. The fraction of sp³-hybridized carbons (Fsp3) is 0.389. The lowest BCUT2D eigenvalue weighted by Gasteiger charge is -2.24. The SMILES string of the molecule is CCOC(CN(C)C(=O)NSc1cccc2ccccc12)OCC. The van der Waals surface area contributed by atoms with Crippen LogP contribution >= 0.6 is 11.9 Å². The maximum atomic E-state index is 12.3. The Kier molecular flexibility index (Phi) is 7.36. The molecule has 0 aliphatic carbocycles. The quantitative estimate of drug-likeness (QED) is 0.581. The van der Waals surface area contributed by atoms with Crippen molar-refractivity contribution in [2.75, 3.05) is 26.8 Å². The summed E-state index contributed by atoms with van der Waals surface area (Å²) in [6.07, 6.45) is -0.404. The normalized spacial score (nSPS) is 11.0. The Labute approximate surface area is 147 Å². The van der Waals surface area contributed by atoms with Gasteiger partial charge in [-0.05, 0) is 42.6 Å². The molecule has 0 bridgehead atoms. The molecule has 0 saturated heterocycles. The van der Waals surface area contributed by atoms with Crippen LogP contribution in [0.5, 0.6) is 0 Å². The fourth-order valence-electron chi connectivity index (χ4n) is 2.29. The van der Waals surface area contributed by atoms with E-state index in [1.54, 1.807) is 11.9 Å². The maximum absolute atomic E-state index is 12.3. The molecule has 2 aromatic carbocycles. The summed E-state index contributed by atoms with van der Waals surface area (Å²) in [7, 11) is 1.73. The molecular formula is C18H24N2O3S. The van der Waals surface area contributed by atoms with Crippen molar-refractivity contribution in [1.82, 2.24) is 9.62 Å². The molecule has 6 heteroatoms. The molecule has 0 aliphatic rings. The van der Waals surface area contributed by atoms with Crippen molar-refractivity contribution < 1.29 is 14.3 Å². The van der Waals surface area contributed by atoms with Crippen molar-refractivity contribution in [3.8, 4) is 0 Å². The number of hydrogen-bond donors (Lipinski definition) is 1. The van der Waals surface area contributed by atoms with Gasteiger partial charge in [-0.1, -0.05) is 36.4 Å². The Morgan fingerprint density at radius 1 is 1.12 bits per heavy atom. The molecule has 0 spiro atoms. The number of carbonyl (C=O) groups excluding carboxylic acids is 1. The molecule has 0 fully saturated rings. The molecule has 0 saturated carbocycles. The summed E-state index contributed by atoms with van der Waals surface area (Å²) in [5.41, 5.74) is 0. The van der Waals surface area contributed by atoms with Crippen molar-refractivity contribution in [2.24, 2.45) is 0 Å². The number of hydrogen-bond acceptors (Lipinski definition) is 4. The first kappa shape index (κ1) is 18.6. The molecule has 24 heavy (non-hydrogen) atoms. The Hall–Kier alpha value is -1.76. The van der Waals surface area contributed by atoms with Gasteiger partial charge in [-0.2, -0.15) is 0 Å². The monoisotopic (exact) mass is 348 g/mol. The number of benzene rings is 2. The number of ether oxygens (including phenoxy) is 2. The number of urea groups is 1. The molecule has 130 valence electrons. The van der Waals surface area contributed by atoms with E-state index in [1.807, 2.05) is 44.2 Å². The molecule has 0 heterocycles. The van der Waals surface area contributed by atoms with Crippen LogP contribution in [0.25, 0.3) is 10.8 Å². The van der Waals surface area contributed by atoms with Gasteiger partial charge in [0.25, 0.3) is 0 Å². The second-order valence-corrected chi connectivity index (χ2v) is 6.06. The van der Waals surface area contributed by atoms with Crippen LogP contribution in [0, 0.1) is 0 Å². The van der Waals surface area contributed by atoms with Gasteiger partial charge in [-0.3, -0.25) is 4.72 Å². The summed E-state index contributed by atoms with van der Waals surface area (Å²) in [4.78, 5) is 14.9. The van der Waals surface area contributed by atoms with E-state index in [9.17, 15) is 4.79 Å². The van der Waals surface area contributed by atoms with Crippen LogP contribution in [0.4, 0.5) is 4.79 Å². The van der Waals surface area contributed by atoms with Gasteiger partial charge in [0.2, 0.25) is 0 Å². The van der Waals surface area contributed by atoms with Gasteiger partial charge in [0, 0.05) is 25.2 Å². The molecule has 1 N–H and O–H groups in total. The highest BCUT2D eigenvalue weighted by Gasteiger charge is 2.16. The van der Waals surface area contributed by atoms with E-state index in [2.05, 4.69) is 16.9 Å². The molecule has 0 atom stereocenters. The highest BCUT2D eigenvalue weighted by atomic mass is 32.2. The summed E-state index contributed by atoms with van der Waals surface area (Å²) in [5, 5.41) is 2.27. The lowest BCUT2D eigenvalue weighted by atomic mass is 10.1. The molecule has 2 rings (SSSR count). The van der Waals surface area contributed by atoms with Crippen LogP contribution in [-0.4, -0.2) is 44.0 Å². The van der Waals surface area contributed by atoms with Crippen LogP contribution in [0.15, 0.2) is 47.4 Å². The standard InChI is InChI=1S/C18H24N2O3S/c1-4-22-17(23-5-2)13-20(3)18(21)19-24-16-12-8-10-14-9-6-7-11-15(14)16/h6-12,17H,4-5,13H2,1-3H3,(H,19,21). The molecular weight excluding hydrogens is 324 g/mol. The number of amides is 2. The summed E-state index contributed by atoms with van der Waals surface area (Å²) < 4.78 is 13.8. The topological polar surface area (TPSA) is 50.8 Å². The minimum absolute atomic E-state index is 0.183. The number of nitrogens with zero attached hydrogens (tertiary/aromatic N) is 1. The van der Waals surface area contributed by atoms with Crippen LogP contribution in [0.3, 0.4) is 0 Å². The van der Waals surface area contributed by atoms with Crippen molar-refractivity contribution >= 4 is 28.8 Å². The number of likely N-dealkylation sites (N-methyl/N-ethyl adjacent to an activating group) is 1. The van der Waals surface area contributed by atoms with Crippen LogP contribution in [0.2, 0.25) is 0 Å². The molecule has 2 aromatic rings. The van der Waals surface area contributed by atoms with Gasteiger partial charge in [-0.15, -0.1) is 0 Å². The van der Waals surface area contributed by atoms with E-state index < -0.39 is 6.29 Å². The number of carbonyl (C=O) groups is 1. The van der Waals surface area contributed by atoms with Gasteiger partial charge in [-0.25, -0.2) is 4.79 Å². The largest absolute Gasteiger partial charge is 0.351 e. The first-order valence-electron chi connectivity index (χ1n) is 8.04. The van der Waals surface area contributed by atoms with E-state index in [1.165, 1.54) is 11.9 Å². The van der Waals surface area contributed by atoms with Crippen LogP contribution in [-0.2, 0) is 9.47 Å². The smallest absolute Gasteiger partial charge is 0.327 e. The first-order valence-corrected chi connectivity index (χ1v) is 8.86. The third-order valence-electron chi connectivity index (χ3n) is 3.47. The number of fused-ring (bicyclic) bond motifs is 1. The van der Waals surface area contributed by atoms with Gasteiger partial charge >= 0.3 is 6.03 Å². The zero-order valence-corrected chi connectivity index (χ0v) is 15.1. The summed E-state index contributed by atoms with van der Waals surface area (Å²) in [6, 6.07) is 14.0. The van der Waals surface area contributed by atoms with Crippen LogP contribution in [0.1, 0.15) is 13.8 Å². The Morgan fingerprint density at radius 2 is 1.79 bits per heavy atom. The highest BCUT2D eigenvalue weighted by molar-refractivity contribution is 7.98. The van der Waals surface area contributed by atoms with E-state index in [4.69, 9.17) is 9.47 Å². The molecule has 5 nitrogen and oxygen atoms in total. The Morgan fingerprint density at radius 3 is 2.50 bits per heavy atom. The molecule has 0 radical (unpaired) electrons. The zero-order chi connectivity index (χ0) is 17.4. The van der Waals surface area contributed by atoms with Crippen LogP contribution < -0.4 is 4.72 Å². The van der Waals surface area contributed by atoms with Gasteiger partial charge in [0.1, 0.15) is 0 Å². The van der Waals surface area contributed by atoms with Crippen molar-refractivity contribution in [3.05, 3.63) is 42.5 Å². The maximum Gasteiger partial charge on any atom is 0.327 e. The predicted molar refractivity (Wildman–Crippen MR) is 98.0 cm³/mol. The number of nitrogens with one attached hydrogen (secondary N) is 1. The summed E-state index contributed by atoms with van der Waals surface area (Å²) >= 11 is 1.32. The van der Waals surface area contributed by atoms with Crippen molar-refractivity contribution in [1.29, 1.82) is 0 Å². The second-order valence-electron chi connectivity index (χ2n) is 5.21. The lowest BCUT2D eigenvalue weighted by molar-refractivity contribution is -0.141. The van der Waals surface area contributed by atoms with E-state index in [0.29, 0.717) is 19.8 Å². The Bertz CT molecular complexity index is 654. The lowest BCUT2D eigenvalue weighted by Crippen LogP contribution is -2.40. The van der Waals surface area contributed by atoms with Crippen molar-refractivity contribution in [2.45, 2.75) is 25.0 Å². The zero-order valence-electron chi connectivity index (χ0n) is 14.3. The summed E-state index contributed by atoms with van der Waals surface area (Å²) in [6.45, 7) is 5.28. The molecule has 0 aromatic heterocycles. The third kappa shape index (κ3) is 5.12. The average Bonchev–Trinajstić information content (AvgIpc) is 2.60. The Balaban J connectivity index is 1.94. The number of rotatable bonds is 8. The predicted octanol–water partition coefficient (Wildman–Crippen LogP) is 3.89. The van der Waals surface area contributed by atoms with Gasteiger partial charge in [0.05, 0.1) is 6.54 Å². The fourth-order valence-corrected chi connectivity index (χ4v) is 3.09. The second kappa shape index (κ2) is 9.52. The minimum atomic E-state index is -0.404. The van der Waals surface area contributed by atoms with Gasteiger partial charge in [0.15, 0.2) is 6.29 Å². The summed E-state index contributed by atoms with van der Waals surface area (Å²) in [5.74, 6) is 0. The average molecular weight is 348 g/mol. The molecule has 0 aliphatic heterocycles. The molecule has 2 amide bonds. The third-order valence-corrected chi connectivity index (χ3v) is 4.33. The molecule has 0 unspecified atom stereocenters. The first-order chi connectivity index (χ1) is 11.7.